The molecule has 12 heavy (non-hydrogen) atoms. The van der Waals surface area contributed by atoms with E-state index < -0.39 is 6.09 Å². The second-order valence-corrected chi connectivity index (χ2v) is 2.78. The molecule has 0 aromatic heterocycles. The summed E-state index contributed by atoms with van der Waals surface area (Å²) in [5, 5.41) is 10.9. The van der Waals surface area contributed by atoms with Gasteiger partial charge in [0.1, 0.15) is 0 Å². The van der Waals surface area contributed by atoms with E-state index in [0.29, 0.717) is 0 Å². The van der Waals surface area contributed by atoms with Crippen molar-refractivity contribution in [3.8, 4) is 0 Å². The first-order valence-electron chi connectivity index (χ1n) is 4.78. The molecule has 0 heterocycles. The topological polar surface area (TPSA) is 49.3 Å². The molecule has 0 radical (unpaired) electrons. The van der Waals surface area contributed by atoms with E-state index in [9.17, 15) is 4.79 Å². The minimum atomic E-state index is -0.882. The van der Waals surface area contributed by atoms with Crippen LogP contribution in [-0.4, -0.2) is 17.2 Å². The molecule has 2 N–H and O–H groups in total. The van der Waals surface area contributed by atoms with Crippen molar-refractivity contribution in [3.63, 3.8) is 0 Å². The molecule has 0 atom stereocenters. The van der Waals surface area contributed by atoms with Crippen LogP contribution in [0.2, 0.25) is 0 Å². The number of nitrogens with one attached hydrogen (secondary N) is 1. The van der Waals surface area contributed by atoms with Gasteiger partial charge in [0.15, 0.2) is 0 Å². The summed E-state index contributed by atoms with van der Waals surface area (Å²) >= 11 is 0. The molecule has 0 saturated heterocycles. The van der Waals surface area contributed by atoms with Crippen LogP contribution in [0, 0.1) is 0 Å². The molecule has 0 spiro atoms. The molecule has 0 aliphatic heterocycles. The van der Waals surface area contributed by atoms with E-state index in [1.54, 1.807) is 0 Å². The molecule has 1 aliphatic rings. The summed E-state index contributed by atoms with van der Waals surface area (Å²) in [6.45, 7) is 4.00. The highest BCUT2D eigenvalue weighted by atomic mass is 16.4. The highest BCUT2D eigenvalue weighted by Crippen LogP contribution is 2.16. The maximum Gasteiger partial charge on any atom is 0.404 e. The summed E-state index contributed by atoms with van der Waals surface area (Å²) in [4.78, 5) is 10.2. The molecule has 1 fully saturated rings. The summed E-state index contributed by atoms with van der Waals surface area (Å²) in [5.74, 6) is 0. The van der Waals surface area contributed by atoms with E-state index in [-0.39, 0.29) is 7.47 Å². The predicted octanol–water partition coefficient (Wildman–Crippen LogP) is 2.86. The van der Waals surface area contributed by atoms with Crippen molar-refractivity contribution >= 4 is 6.09 Å². The lowest BCUT2D eigenvalue weighted by Gasteiger charge is -2.20. The van der Waals surface area contributed by atoms with E-state index >= 15 is 0 Å². The zero-order valence-corrected chi connectivity index (χ0v) is 7.97. The van der Waals surface area contributed by atoms with Gasteiger partial charge in [-0.05, 0) is 12.8 Å². The average Bonchev–Trinajstić information content (AvgIpc) is 2.08. The number of amides is 1. The number of carbonyl (C=O) groups is 1. The third-order valence-corrected chi connectivity index (χ3v) is 1.93. The summed E-state index contributed by atoms with van der Waals surface area (Å²) in [6, 6.07) is 0.228. The Morgan fingerprint density at radius 2 is 1.83 bits per heavy atom. The van der Waals surface area contributed by atoms with Crippen LogP contribution >= 0.6 is 0 Å². The molecule has 1 amide bonds. The van der Waals surface area contributed by atoms with Crippen molar-refractivity contribution in [2.75, 3.05) is 0 Å². The Morgan fingerprint density at radius 3 is 2.25 bits per heavy atom. The van der Waals surface area contributed by atoms with E-state index in [4.69, 9.17) is 5.11 Å². The van der Waals surface area contributed by atoms with E-state index in [0.717, 1.165) is 12.8 Å². The standard InChI is InChI=1S/C7H13NO2.C2H6.H2/c9-7(10)8-6-4-2-1-3-5-6;1-2;/h6,8H,1-5H2,(H,9,10);1-2H3;1H. The summed E-state index contributed by atoms with van der Waals surface area (Å²) in [6.07, 6.45) is 4.76. The van der Waals surface area contributed by atoms with Gasteiger partial charge in [-0.25, -0.2) is 4.79 Å². The molecular weight excluding hydrogens is 154 g/mol. The van der Waals surface area contributed by atoms with Gasteiger partial charge in [-0.1, -0.05) is 33.1 Å². The van der Waals surface area contributed by atoms with Gasteiger partial charge in [-0.3, -0.25) is 0 Å². The smallest absolute Gasteiger partial charge is 0.404 e. The van der Waals surface area contributed by atoms with Crippen molar-refractivity contribution in [1.29, 1.82) is 0 Å². The molecule has 0 aromatic rings. The first-order chi connectivity index (χ1) is 5.79. The van der Waals surface area contributed by atoms with Crippen LogP contribution in [-0.2, 0) is 0 Å². The molecule has 3 nitrogen and oxygen atoms in total. The molecular formula is C9H21NO2. The molecule has 0 unspecified atom stereocenters. The van der Waals surface area contributed by atoms with Crippen LogP contribution in [0.4, 0.5) is 4.79 Å². The van der Waals surface area contributed by atoms with Crippen LogP contribution in [0.25, 0.3) is 0 Å². The van der Waals surface area contributed by atoms with Gasteiger partial charge in [0.25, 0.3) is 0 Å². The van der Waals surface area contributed by atoms with E-state index in [2.05, 4.69) is 5.32 Å². The monoisotopic (exact) mass is 175 g/mol. The third-order valence-electron chi connectivity index (χ3n) is 1.93. The molecule has 1 aliphatic carbocycles. The maximum absolute atomic E-state index is 10.2. The van der Waals surface area contributed by atoms with Crippen molar-refractivity contribution in [1.82, 2.24) is 5.32 Å². The molecule has 0 bridgehead atoms. The number of carboxylic acid groups (broad SMARTS) is 1. The van der Waals surface area contributed by atoms with Crippen molar-refractivity contribution in [2.24, 2.45) is 0 Å². The van der Waals surface area contributed by atoms with Gasteiger partial charge in [0.05, 0.1) is 0 Å². The predicted molar refractivity (Wildman–Crippen MR) is 51.5 cm³/mol. The molecule has 1 saturated carbocycles. The highest BCUT2D eigenvalue weighted by Gasteiger charge is 2.14. The molecule has 0 aromatic carbocycles. The fourth-order valence-corrected chi connectivity index (χ4v) is 1.42. The second-order valence-electron chi connectivity index (χ2n) is 2.78. The summed E-state index contributed by atoms with van der Waals surface area (Å²) in [5.41, 5.74) is 0. The van der Waals surface area contributed by atoms with Crippen molar-refractivity contribution in [3.05, 3.63) is 0 Å². The molecule has 3 heteroatoms. The van der Waals surface area contributed by atoms with Crippen LogP contribution in [0.3, 0.4) is 0 Å². The largest absolute Gasteiger partial charge is 0.465 e. The van der Waals surface area contributed by atoms with Gasteiger partial charge in [-0.2, -0.15) is 0 Å². The lowest BCUT2D eigenvalue weighted by atomic mass is 9.96. The van der Waals surface area contributed by atoms with Gasteiger partial charge < -0.3 is 10.4 Å². The second kappa shape index (κ2) is 6.95. The van der Waals surface area contributed by atoms with E-state index in [1.807, 2.05) is 13.8 Å². The zero-order valence-electron chi connectivity index (χ0n) is 7.97. The highest BCUT2D eigenvalue weighted by molar-refractivity contribution is 5.64. The SMILES string of the molecule is CC.O=C(O)NC1CCCCC1.[HH]. The summed E-state index contributed by atoms with van der Waals surface area (Å²) < 4.78 is 0. The molecule has 1 rings (SSSR count). The maximum atomic E-state index is 10.2. The van der Waals surface area contributed by atoms with Crippen LogP contribution < -0.4 is 5.32 Å². The van der Waals surface area contributed by atoms with E-state index in [1.165, 1.54) is 19.3 Å². The fraction of sp³-hybridized carbons (Fsp3) is 0.889. The van der Waals surface area contributed by atoms with Crippen molar-refractivity contribution in [2.45, 2.75) is 52.0 Å². The lowest BCUT2D eigenvalue weighted by Crippen LogP contribution is -2.34. The number of hydrogen-bond acceptors (Lipinski definition) is 1. The minimum absolute atomic E-state index is 0. The fourth-order valence-electron chi connectivity index (χ4n) is 1.42. The third kappa shape index (κ3) is 4.99. The Bertz CT molecular complexity index is 125. The van der Waals surface area contributed by atoms with Gasteiger partial charge in [-0.15, -0.1) is 0 Å². The molecule has 74 valence electrons. The summed E-state index contributed by atoms with van der Waals surface area (Å²) in [7, 11) is 0. The Kier molecular flexibility index (Phi) is 6.53. The normalized spacial score (nSPS) is 17.5. The Labute approximate surface area is 75.6 Å². The first kappa shape index (κ1) is 11.3. The van der Waals surface area contributed by atoms with Gasteiger partial charge in [0.2, 0.25) is 0 Å². The minimum Gasteiger partial charge on any atom is -0.465 e. The Hall–Kier alpha value is -0.730. The van der Waals surface area contributed by atoms with Crippen LogP contribution in [0.1, 0.15) is 47.4 Å². The number of hydrogen-bond donors (Lipinski definition) is 2. The van der Waals surface area contributed by atoms with Gasteiger partial charge >= 0.3 is 6.09 Å². The Balaban J connectivity index is 0. The Morgan fingerprint density at radius 1 is 1.33 bits per heavy atom. The number of rotatable bonds is 1. The van der Waals surface area contributed by atoms with Gasteiger partial charge in [0, 0.05) is 7.47 Å². The first-order valence-corrected chi connectivity index (χ1v) is 4.78. The van der Waals surface area contributed by atoms with Crippen LogP contribution in [0.15, 0.2) is 0 Å². The van der Waals surface area contributed by atoms with Crippen molar-refractivity contribution < 1.29 is 11.3 Å². The zero-order chi connectivity index (χ0) is 9.40. The quantitative estimate of drug-likeness (QED) is 0.643. The lowest BCUT2D eigenvalue weighted by molar-refractivity contribution is 0.186. The van der Waals surface area contributed by atoms with Crippen LogP contribution in [0.5, 0.6) is 0 Å². The average molecular weight is 175 g/mol.